The van der Waals surface area contributed by atoms with Crippen molar-refractivity contribution in [2.45, 2.75) is 49.2 Å². The Morgan fingerprint density at radius 3 is 2.95 bits per heavy atom. The van der Waals surface area contributed by atoms with Crippen LogP contribution in [0.5, 0.6) is 11.5 Å². The summed E-state index contributed by atoms with van der Waals surface area (Å²) in [6.45, 7) is 2.25. The Bertz CT molecular complexity index is 748. The number of hydrogen-bond donors (Lipinski definition) is 1. The number of carbonyl (C=O) groups excluding carboxylic acids is 1. The van der Waals surface area contributed by atoms with Gasteiger partial charge >= 0.3 is 0 Å². The molecule has 2 bridgehead atoms. The monoisotopic (exact) mass is 363 g/mol. The van der Waals surface area contributed by atoms with Crippen LogP contribution in [0.25, 0.3) is 0 Å². The molecule has 4 nitrogen and oxygen atoms in total. The topological polar surface area (TPSA) is 61.5 Å². The Labute approximate surface area is 137 Å². The van der Waals surface area contributed by atoms with Crippen molar-refractivity contribution in [2.24, 2.45) is 11.7 Å². The minimum atomic E-state index is -0.376. The Morgan fingerprint density at radius 1 is 1.45 bits per heavy atom. The highest BCUT2D eigenvalue weighted by atomic mass is 79.9. The highest BCUT2D eigenvalue weighted by Gasteiger charge is 2.74. The predicted octanol–water partition coefficient (Wildman–Crippen LogP) is 2.44. The summed E-state index contributed by atoms with van der Waals surface area (Å²) in [4.78, 5) is 12.6. The van der Waals surface area contributed by atoms with Crippen molar-refractivity contribution in [3.63, 3.8) is 0 Å². The molecule has 2 N–H and O–H groups in total. The van der Waals surface area contributed by atoms with Crippen molar-refractivity contribution < 1.29 is 14.3 Å². The highest BCUT2D eigenvalue weighted by molar-refractivity contribution is 9.10. The number of Topliss-reactive ketones (excluding diaryl/α,β-unsaturated/α-hetero) is 1. The molecule has 3 aliphatic carbocycles. The normalized spacial score (nSPS) is 43.3. The number of rotatable bonds is 1. The summed E-state index contributed by atoms with van der Waals surface area (Å²) in [5.74, 6) is 2.04. The predicted molar refractivity (Wildman–Crippen MR) is 84.5 cm³/mol. The van der Waals surface area contributed by atoms with E-state index in [2.05, 4.69) is 22.9 Å². The van der Waals surface area contributed by atoms with E-state index in [1.165, 1.54) is 11.1 Å². The van der Waals surface area contributed by atoms with Crippen LogP contribution in [0.3, 0.4) is 0 Å². The third-order valence-electron chi connectivity index (χ3n) is 6.64. The smallest absolute Gasteiger partial charge is 0.174 e. The van der Waals surface area contributed by atoms with Gasteiger partial charge < -0.3 is 15.2 Å². The summed E-state index contributed by atoms with van der Waals surface area (Å²) in [6.07, 6.45) is 1.99. The van der Waals surface area contributed by atoms with Gasteiger partial charge in [0.2, 0.25) is 0 Å². The first-order valence-electron chi connectivity index (χ1n) is 7.81. The van der Waals surface area contributed by atoms with E-state index < -0.39 is 0 Å². The number of fused-ring (bicyclic) bond motifs is 2. The van der Waals surface area contributed by atoms with Crippen molar-refractivity contribution in [3.8, 4) is 11.5 Å². The molecule has 5 atom stereocenters. The lowest BCUT2D eigenvalue weighted by molar-refractivity contribution is -0.132. The molecule has 1 aromatic carbocycles. The largest absolute Gasteiger partial charge is 0.493 e. The van der Waals surface area contributed by atoms with Crippen LogP contribution >= 0.6 is 15.9 Å². The molecule has 0 aromatic heterocycles. The molecule has 0 saturated heterocycles. The second kappa shape index (κ2) is 3.70. The Morgan fingerprint density at radius 2 is 2.23 bits per heavy atom. The second-order valence-corrected chi connectivity index (χ2v) is 8.26. The van der Waals surface area contributed by atoms with Gasteiger partial charge in [-0.2, -0.15) is 0 Å². The quantitative estimate of drug-likeness (QED) is 0.832. The third-order valence-corrected chi connectivity index (χ3v) is 7.27. The van der Waals surface area contributed by atoms with Crippen molar-refractivity contribution in [3.05, 3.63) is 21.7 Å². The molecule has 0 radical (unpaired) electrons. The number of benzene rings is 1. The Balaban J connectivity index is 1.91. The number of methoxy groups -OCH3 is 1. The number of carbonyl (C=O) groups is 1. The van der Waals surface area contributed by atoms with Crippen LogP contribution in [0.4, 0.5) is 0 Å². The SMILES string of the molecule is COc1cc(Br)c2c3c1O[C@@H]1C(=O)CCC4C(N)C2(C)C[C@]341. The molecule has 5 heteroatoms. The summed E-state index contributed by atoms with van der Waals surface area (Å²) >= 11 is 3.71. The molecule has 1 aliphatic heterocycles. The molecule has 3 unspecified atom stereocenters. The molecule has 2 fully saturated rings. The van der Waals surface area contributed by atoms with Gasteiger partial charge in [-0.3, -0.25) is 4.79 Å². The number of nitrogens with two attached hydrogens (primary N) is 1. The molecule has 0 amide bonds. The standard InChI is InChI=1S/C17H18BrNO3/c1-16-6-17-7(14(16)19)3-4-9(20)15(17)22-13-10(21-2)5-8(18)11(16)12(13)17/h5,7,14-15H,3-4,6,19H2,1-2H3/t7?,14?,15-,16?,17-/m1/s1. The molecule has 1 spiro atoms. The lowest BCUT2D eigenvalue weighted by atomic mass is 9.61. The van der Waals surface area contributed by atoms with Crippen molar-refractivity contribution in [2.75, 3.05) is 7.11 Å². The number of hydrogen-bond acceptors (Lipinski definition) is 4. The van der Waals surface area contributed by atoms with Gasteiger partial charge in [0.05, 0.1) is 7.11 Å². The van der Waals surface area contributed by atoms with Crippen LogP contribution in [0.15, 0.2) is 10.5 Å². The van der Waals surface area contributed by atoms with E-state index >= 15 is 0 Å². The Kier molecular flexibility index (Phi) is 2.25. The average molecular weight is 364 g/mol. The second-order valence-electron chi connectivity index (χ2n) is 7.41. The molecule has 1 heterocycles. The highest BCUT2D eigenvalue weighted by Crippen LogP contribution is 2.73. The fraction of sp³-hybridized carbons (Fsp3) is 0.588. The van der Waals surface area contributed by atoms with E-state index in [0.717, 1.165) is 23.1 Å². The molecule has 116 valence electrons. The number of ketones is 1. The van der Waals surface area contributed by atoms with Gasteiger partial charge in [-0.1, -0.05) is 22.9 Å². The van der Waals surface area contributed by atoms with Gasteiger partial charge in [-0.15, -0.1) is 0 Å². The molecule has 1 aromatic rings. The van der Waals surface area contributed by atoms with Gasteiger partial charge in [0.25, 0.3) is 0 Å². The van der Waals surface area contributed by atoms with Crippen LogP contribution in [0, 0.1) is 5.92 Å². The number of halogens is 1. The van der Waals surface area contributed by atoms with E-state index in [1.54, 1.807) is 7.11 Å². The maximum atomic E-state index is 12.6. The van der Waals surface area contributed by atoms with E-state index in [1.807, 2.05) is 6.07 Å². The average Bonchev–Trinajstić information content (AvgIpc) is 3.03. The van der Waals surface area contributed by atoms with E-state index in [-0.39, 0.29) is 28.8 Å². The first kappa shape index (κ1) is 13.4. The maximum Gasteiger partial charge on any atom is 0.174 e. The van der Waals surface area contributed by atoms with Crippen LogP contribution in [0.2, 0.25) is 0 Å². The van der Waals surface area contributed by atoms with Crippen LogP contribution in [-0.2, 0) is 15.6 Å². The van der Waals surface area contributed by atoms with Gasteiger partial charge in [0.15, 0.2) is 23.4 Å². The van der Waals surface area contributed by atoms with Crippen LogP contribution < -0.4 is 15.2 Å². The Hall–Kier alpha value is -1.07. The lowest BCUT2D eigenvalue weighted by Gasteiger charge is -2.43. The first-order chi connectivity index (χ1) is 10.4. The lowest BCUT2D eigenvalue weighted by Crippen LogP contribution is -2.55. The molecular formula is C17H18BrNO3. The number of ether oxygens (including phenoxy) is 2. The zero-order chi connectivity index (χ0) is 15.4. The molecule has 2 saturated carbocycles. The van der Waals surface area contributed by atoms with Crippen LogP contribution in [0.1, 0.15) is 37.3 Å². The zero-order valence-electron chi connectivity index (χ0n) is 12.6. The van der Waals surface area contributed by atoms with Gasteiger partial charge in [-0.05, 0) is 30.4 Å². The van der Waals surface area contributed by atoms with Crippen LogP contribution in [-0.4, -0.2) is 25.0 Å². The zero-order valence-corrected chi connectivity index (χ0v) is 14.2. The van der Waals surface area contributed by atoms with Gasteiger partial charge in [-0.25, -0.2) is 0 Å². The summed E-state index contributed by atoms with van der Waals surface area (Å²) in [5.41, 5.74) is 8.79. The summed E-state index contributed by atoms with van der Waals surface area (Å²) in [6, 6.07) is 2.04. The third kappa shape index (κ3) is 1.11. The maximum absolute atomic E-state index is 12.6. The summed E-state index contributed by atoms with van der Waals surface area (Å²) < 4.78 is 12.7. The van der Waals surface area contributed by atoms with Gasteiger partial charge in [0, 0.05) is 33.3 Å². The minimum Gasteiger partial charge on any atom is -0.493 e. The summed E-state index contributed by atoms with van der Waals surface area (Å²) in [5, 5.41) is 0. The van der Waals surface area contributed by atoms with E-state index in [0.29, 0.717) is 18.1 Å². The molecular weight excluding hydrogens is 346 g/mol. The molecule has 22 heavy (non-hydrogen) atoms. The fourth-order valence-corrected chi connectivity index (χ4v) is 6.75. The first-order valence-corrected chi connectivity index (χ1v) is 8.61. The minimum absolute atomic E-state index is 0.0786. The summed E-state index contributed by atoms with van der Waals surface area (Å²) in [7, 11) is 1.65. The molecule has 5 rings (SSSR count). The van der Waals surface area contributed by atoms with Crippen molar-refractivity contribution in [1.29, 1.82) is 0 Å². The molecule has 4 aliphatic rings. The fourth-order valence-electron chi connectivity index (χ4n) is 5.89. The van der Waals surface area contributed by atoms with Crippen molar-refractivity contribution >= 4 is 21.7 Å². The van der Waals surface area contributed by atoms with E-state index in [4.69, 9.17) is 15.2 Å². The van der Waals surface area contributed by atoms with Gasteiger partial charge in [0.1, 0.15) is 0 Å². The van der Waals surface area contributed by atoms with Crippen molar-refractivity contribution in [1.82, 2.24) is 0 Å². The van der Waals surface area contributed by atoms with E-state index in [9.17, 15) is 4.79 Å².